The predicted octanol–water partition coefficient (Wildman–Crippen LogP) is 0.202. The van der Waals surface area contributed by atoms with Gasteiger partial charge < -0.3 is 9.15 Å². The van der Waals surface area contributed by atoms with Crippen LogP contribution in [0.3, 0.4) is 0 Å². The van der Waals surface area contributed by atoms with Crippen molar-refractivity contribution in [1.82, 2.24) is 15.1 Å². The normalized spacial score (nSPS) is 10.5. The molecule has 19 heavy (non-hydrogen) atoms. The summed E-state index contributed by atoms with van der Waals surface area (Å²) in [6.45, 7) is 4.31. The number of carbonyl (C=O) groups is 2. The molecule has 0 aliphatic carbocycles. The standard InChI is InChI=1S/C11H18N4O4/c1-4-18-10(17)5-6-15(3)7-9(16)12-11-14-13-8(2)19-11/h4-7H2,1-3H3,(H,12,14,16). The molecule has 0 bridgehead atoms. The van der Waals surface area contributed by atoms with Crippen molar-refractivity contribution in [2.75, 3.05) is 32.1 Å². The Labute approximate surface area is 111 Å². The molecule has 1 heterocycles. The van der Waals surface area contributed by atoms with E-state index in [1.165, 1.54) is 0 Å². The van der Waals surface area contributed by atoms with Crippen LogP contribution in [-0.2, 0) is 14.3 Å². The number of aromatic nitrogens is 2. The van der Waals surface area contributed by atoms with Gasteiger partial charge in [-0.15, -0.1) is 5.10 Å². The Morgan fingerprint density at radius 3 is 2.74 bits per heavy atom. The first-order valence-corrected chi connectivity index (χ1v) is 5.95. The molecule has 8 nitrogen and oxygen atoms in total. The molecule has 8 heteroatoms. The van der Waals surface area contributed by atoms with Gasteiger partial charge in [0.15, 0.2) is 0 Å². The van der Waals surface area contributed by atoms with Crippen LogP contribution in [0.2, 0.25) is 0 Å². The fourth-order valence-corrected chi connectivity index (χ4v) is 1.35. The highest BCUT2D eigenvalue weighted by molar-refractivity contribution is 5.90. The van der Waals surface area contributed by atoms with Gasteiger partial charge in [0.1, 0.15) is 0 Å². The molecule has 1 amide bonds. The highest BCUT2D eigenvalue weighted by atomic mass is 16.5. The first kappa shape index (κ1) is 15.1. The topological polar surface area (TPSA) is 97.6 Å². The average molecular weight is 270 g/mol. The van der Waals surface area contributed by atoms with Gasteiger partial charge in [0.25, 0.3) is 0 Å². The maximum Gasteiger partial charge on any atom is 0.322 e. The number of nitrogens with one attached hydrogen (secondary N) is 1. The third kappa shape index (κ3) is 5.96. The number of hydrogen-bond acceptors (Lipinski definition) is 7. The summed E-state index contributed by atoms with van der Waals surface area (Å²) in [6, 6.07) is 0.0706. The molecule has 1 aromatic heterocycles. The number of amides is 1. The van der Waals surface area contributed by atoms with Gasteiger partial charge in [-0.1, -0.05) is 5.10 Å². The van der Waals surface area contributed by atoms with E-state index in [0.717, 1.165) is 0 Å². The van der Waals surface area contributed by atoms with Gasteiger partial charge in [0, 0.05) is 13.5 Å². The van der Waals surface area contributed by atoms with Crippen molar-refractivity contribution in [3.8, 4) is 0 Å². The van der Waals surface area contributed by atoms with E-state index in [1.807, 2.05) is 0 Å². The van der Waals surface area contributed by atoms with Crippen LogP contribution in [0.15, 0.2) is 4.42 Å². The number of nitrogens with zero attached hydrogens (tertiary/aromatic N) is 3. The van der Waals surface area contributed by atoms with E-state index >= 15 is 0 Å². The van der Waals surface area contributed by atoms with E-state index in [1.54, 1.807) is 25.8 Å². The summed E-state index contributed by atoms with van der Waals surface area (Å²) in [5.41, 5.74) is 0. The molecule has 1 N–H and O–H groups in total. The van der Waals surface area contributed by atoms with Crippen LogP contribution < -0.4 is 5.32 Å². The summed E-state index contributed by atoms with van der Waals surface area (Å²) in [5, 5.41) is 9.71. The molecular weight excluding hydrogens is 252 g/mol. The summed E-state index contributed by atoms with van der Waals surface area (Å²) >= 11 is 0. The number of rotatable bonds is 7. The van der Waals surface area contributed by atoms with Gasteiger partial charge in [-0.05, 0) is 14.0 Å². The van der Waals surface area contributed by atoms with E-state index < -0.39 is 0 Å². The molecule has 0 aromatic carbocycles. The zero-order chi connectivity index (χ0) is 14.3. The summed E-state index contributed by atoms with van der Waals surface area (Å²) in [7, 11) is 1.73. The number of ether oxygens (including phenoxy) is 1. The van der Waals surface area contributed by atoms with Crippen LogP contribution in [-0.4, -0.2) is 53.7 Å². The van der Waals surface area contributed by atoms with Crippen molar-refractivity contribution in [3.63, 3.8) is 0 Å². The van der Waals surface area contributed by atoms with Crippen LogP contribution in [0.4, 0.5) is 6.01 Å². The van der Waals surface area contributed by atoms with Crippen LogP contribution in [0.5, 0.6) is 0 Å². The van der Waals surface area contributed by atoms with Crippen molar-refractivity contribution in [1.29, 1.82) is 0 Å². The molecule has 106 valence electrons. The van der Waals surface area contributed by atoms with Gasteiger partial charge in [0.2, 0.25) is 11.8 Å². The van der Waals surface area contributed by atoms with Crippen molar-refractivity contribution < 1.29 is 18.7 Å². The lowest BCUT2D eigenvalue weighted by molar-refractivity contribution is -0.143. The van der Waals surface area contributed by atoms with E-state index in [4.69, 9.17) is 9.15 Å². The van der Waals surface area contributed by atoms with Crippen LogP contribution in [0.25, 0.3) is 0 Å². The quantitative estimate of drug-likeness (QED) is 0.707. The zero-order valence-corrected chi connectivity index (χ0v) is 11.3. The number of anilines is 1. The number of carbonyl (C=O) groups excluding carboxylic acids is 2. The SMILES string of the molecule is CCOC(=O)CCN(C)CC(=O)Nc1nnc(C)o1. The third-order valence-corrected chi connectivity index (χ3v) is 2.19. The second-order valence-electron chi connectivity index (χ2n) is 3.97. The highest BCUT2D eigenvalue weighted by Crippen LogP contribution is 2.03. The molecule has 0 saturated carbocycles. The Bertz CT molecular complexity index is 432. The average Bonchev–Trinajstić information content (AvgIpc) is 2.72. The van der Waals surface area contributed by atoms with Crippen LogP contribution in [0.1, 0.15) is 19.2 Å². The van der Waals surface area contributed by atoms with E-state index in [9.17, 15) is 9.59 Å². The molecule has 1 aromatic rings. The number of aryl methyl sites for hydroxylation is 1. The molecule has 0 aliphatic rings. The second kappa shape index (κ2) is 7.47. The highest BCUT2D eigenvalue weighted by Gasteiger charge is 2.11. The smallest absolute Gasteiger partial charge is 0.322 e. The second-order valence-corrected chi connectivity index (χ2v) is 3.97. The van der Waals surface area contributed by atoms with Crippen molar-refractivity contribution in [2.24, 2.45) is 0 Å². The van der Waals surface area contributed by atoms with Crippen LogP contribution in [0, 0.1) is 6.92 Å². The van der Waals surface area contributed by atoms with E-state index in [0.29, 0.717) is 19.0 Å². The minimum atomic E-state index is -0.282. The molecule has 0 unspecified atom stereocenters. The Morgan fingerprint density at radius 2 is 2.16 bits per heavy atom. The molecule has 0 aliphatic heterocycles. The monoisotopic (exact) mass is 270 g/mol. The Morgan fingerprint density at radius 1 is 1.42 bits per heavy atom. The summed E-state index contributed by atoms with van der Waals surface area (Å²) in [5.74, 6) is -0.178. The molecule has 0 radical (unpaired) electrons. The molecule has 0 atom stereocenters. The minimum absolute atomic E-state index is 0.0706. The Balaban J connectivity index is 2.26. The van der Waals surface area contributed by atoms with E-state index in [2.05, 4.69) is 15.5 Å². The van der Waals surface area contributed by atoms with Gasteiger partial charge >= 0.3 is 12.0 Å². The lowest BCUT2D eigenvalue weighted by Crippen LogP contribution is -2.32. The zero-order valence-electron chi connectivity index (χ0n) is 11.3. The minimum Gasteiger partial charge on any atom is -0.466 e. The van der Waals surface area contributed by atoms with Gasteiger partial charge in [0.05, 0.1) is 19.6 Å². The molecular formula is C11H18N4O4. The predicted molar refractivity (Wildman–Crippen MR) is 66.4 cm³/mol. The molecule has 1 rings (SSSR count). The fraction of sp³-hybridized carbons (Fsp3) is 0.636. The van der Waals surface area contributed by atoms with Gasteiger partial charge in [-0.3, -0.25) is 19.8 Å². The maximum absolute atomic E-state index is 11.6. The molecule has 0 fully saturated rings. The summed E-state index contributed by atoms with van der Waals surface area (Å²) in [6.07, 6.45) is 0.247. The van der Waals surface area contributed by atoms with Gasteiger partial charge in [-0.2, -0.15) is 0 Å². The van der Waals surface area contributed by atoms with Crippen molar-refractivity contribution in [3.05, 3.63) is 5.89 Å². The fourth-order valence-electron chi connectivity index (χ4n) is 1.35. The Kier molecular flexibility index (Phi) is 5.94. The van der Waals surface area contributed by atoms with Crippen LogP contribution >= 0.6 is 0 Å². The summed E-state index contributed by atoms with van der Waals surface area (Å²) < 4.78 is 9.82. The number of hydrogen-bond donors (Lipinski definition) is 1. The first-order valence-electron chi connectivity index (χ1n) is 5.95. The first-order chi connectivity index (χ1) is 9.01. The lowest BCUT2D eigenvalue weighted by atomic mass is 10.4. The largest absolute Gasteiger partial charge is 0.466 e. The third-order valence-electron chi connectivity index (χ3n) is 2.19. The molecule has 0 spiro atoms. The maximum atomic E-state index is 11.6. The molecule has 0 saturated heterocycles. The number of esters is 1. The van der Waals surface area contributed by atoms with Crippen molar-refractivity contribution in [2.45, 2.75) is 20.3 Å². The van der Waals surface area contributed by atoms with Crippen molar-refractivity contribution >= 4 is 17.9 Å². The lowest BCUT2D eigenvalue weighted by Gasteiger charge is -2.14. The summed E-state index contributed by atoms with van der Waals surface area (Å²) in [4.78, 5) is 24.5. The van der Waals surface area contributed by atoms with Gasteiger partial charge in [-0.25, -0.2) is 0 Å². The van der Waals surface area contributed by atoms with E-state index in [-0.39, 0.29) is 30.9 Å². The Hall–Kier alpha value is -1.96. The number of likely N-dealkylation sites (N-methyl/N-ethyl adjacent to an activating group) is 1.